The lowest BCUT2D eigenvalue weighted by molar-refractivity contribution is -0.941. The number of carbonyl (C=O) groups excluding carboxylic acids is 1. The molecule has 1 aromatic carbocycles. The van der Waals surface area contributed by atoms with Gasteiger partial charge in [0.05, 0.1) is 30.6 Å². The van der Waals surface area contributed by atoms with Crippen molar-refractivity contribution in [3.8, 4) is 0 Å². The standard InChI is InChI=1S/C18H26N4O2/c1-12(2)22(13(3)4)11-10-19-17(23)16-14-8-6-7-9-15(14)18(24)21(5)20-16/h6-9,12-13H,10-11H2,1-5H3,(H,19,23)/p+1. The van der Waals surface area contributed by atoms with E-state index >= 15 is 0 Å². The van der Waals surface area contributed by atoms with Gasteiger partial charge in [0.2, 0.25) is 0 Å². The molecule has 0 unspecified atom stereocenters. The number of aromatic nitrogens is 2. The second kappa shape index (κ2) is 7.57. The summed E-state index contributed by atoms with van der Waals surface area (Å²) >= 11 is 0. The van der Waals surface area contributed by atoms with Crippen molar-refractivity contribution in [1.82, 2.24) is 15.1 Å². The highest BCUT2D eigenvalue weighted by atomic mass is 16.2. The molecule has 0 aliphatic carbocycles. The molecule has 0 radical (unpaired) electrons. The predicted octanol–water partition coefficient (Wildman–Crippen LogP) is 0.365. The quantitative estimate of drug-likeness (QED) is 0.803. The first kappa shape index (κ1) is 18.1. The van der Waals surface area contributed by atoms with Gasteiger partial charge in [0.25, 0.3) is 11.5 Å². The maximum absolute atomic E-state index is 12.5. The molecule has 0 saturated heterocycles. The van der Waals surface area contributed by atoms with Gasteiger partial charge in [-0.15, -0.1) is 0 Å². The first-order valence-corrected chi connectivity index (χ1v) is 8.42. The van der Waals surface area contributed by atoms with Crippen LogP contribution in [0, 0.1) is 0 Å². The summed E-state index contributed by atoms with van der Waals surface area (Å²) in [5, 5.41) is 8.20. The number of carbonyl (C=O) groups is 1. The highest BCUT2D eigenvalue weighted by Gasteiger charge is 2.19. The summed E-state index contributed by atoms with van der Waals surface area (Å²) in [6, 6.07) is 8.08. The lowest BCUT2D eigenvalue weighted by Gasteiger charge is -2.27. The number of quaternary nitrogens is 1. The van der Waals surface area contributed by atoms with Crippen LogP contribution in [0.5, 0.6) is 0 Å². The van der Waals surface area contributed by atoms with Gasteiger partial charge in [-0.2, -0.15) is 5.10 Å². The van der Waals surface area contributed by atoms with Crippen LogP contribution in [0.4, 0.5) is 0 Å². The number of nitrogens with zero attached hydrogens (tertiary/aromatic N) is 2. The second-order valence-corrected chi connectivity index (χ2v) is 6.71. The molecular formula is C18H27N4O2+. The summed E-state index contributed by atoms with van der Waals surface area (Å²) in [6.45, 7) is 10.1. The number of rotatable bonds is 6. The van der Waals surface area contributed by atoms with Gasteiger partial charge in [0, 0.05) is 12.4 Å². The summed E-state index contributed by atoms with van der Waals surface area (Å²) in [5.41, 5.74) is 0.0979. The van der Waals surface area contributed by atoms with Gasteiger partial charge in [-0.25, -0.2) is 4.68 Å². The Hall–Kier alpha value is -2.21. The van der Waals surface area contributed by atoms with E-state index < -0.39 is 0 Å². The Morgan fingerprint density at radius 3 is 2.33 bits per heavy atom. The van der Waals surface area contributed by atoms with Gasteiger partial charge in [0.1, 0.15) is 0 Å². The van der Waals surface area contributed by atoms with E-state index in [2.05, 4.69) is 38.1 Å². The molecule has 0 aliphatic rings. The van der Waals surface area contributed by atoms with Gasteiger partial charge in [0.15, 0.2) is 5.69 Å². The molecule has 1 amide bonds. The number of hydrogen-bond donors (Lipinski definition) is 2. The number of hydrogen-bond acceptors (Lipinski definition) is 3. The molecular weight excluding hydrogens is 304 g/mol. The van der Waals surface area contributed by atoms with Crippen LogP contribution < -0.4 is 15.8 Å². The van der Waals surface area contributed by atoms with Gasteiger partial charge in [-0.05, 0) is 33.8 Å². The zero-order valence-corrected chi connectivity index (χ0v) is 15.1. The Bertz CT molecular complexity index is 772. The van der Waals surface area contributed by atoms with Crippen LogP contribution in [0.25, 0.3) is 10.8 Å². The fourth-order valence-electron chi connectivity index (χ4n) is 3.12. The molecule has 24 heavy (non-hydrogen) atoms. The monoisotopic (exact) mass is 331 g/mol. The van der Waals surface area contributed by atoms with Crippen LogP contribution >= 0.6 is 0 Å². The lowest BCUT2D eigenvalue weighted by atomic mass is 10.1. The average Bonchev–Trinajstić information content (AvgIpc) is 2.54. The number of amides is 1. The van der Waals surface area contributed by atoms with Crippen molar-refractivity contribution in [3.63, 3.8) is 0 Å². The topological polar surface area (TPSA) is 68.4 Å². The molecule has 0 aliphatic heterocycles. The molecule has 1 heterocycles. The van der Waals surface area contributed by atoms with Crippen molar-refractivity contribution < 1.29 is 9.69 Å². The smallest absolute Gasteiger partial charge is 0.274 e. The predicted molar refractivity (Wildman–Crippen MR) is 95.4 cm³/mol. The first-order valence-electron chi connectivity index (χ1n) is 8.42. The van der Waals surface area contributed by atoms with E-state index in [-0.39, 0.29) is 11.5 Å². The van der Waals surface area contributed by atoms with Crippen molar-refractivity contribution in [2.75, 3.05) is 13.1 Å². The Kier molecular flexibility index (Phi) is 5.72. The van der Waals surface area contributed by atoms with Crippen molar-refractivity contribution >= 4 is 16.7 Å². The van der Waals surface area contributed by atoms with Crippen molar-refractivity contribution in [1.29, 1.82) is 0 Å². The summed E-state index contributed by atoms with van der Waals surface area (Å²) in [7, 11) is 1.56. The van der Waals surface area contributed by atoms with Gasteiger partial charge >= 0.3 is 0 Å². The zero-order chi connectivity index (χ0) is 17.9. The molecule has 0 spiro atoms. The van der Waals surface area contributed by atoms with Crippen LogP contribution in [-0.4, -0.2) is 40.9 Å². The van der Waals surface area contributed by atoms with Crippen molar-refractivity contribution in [3.05, 3.63) is 40.3 Å². The third-order valence-corrected chi connectivity index (χ3v) is 4.35. The first-order chi connectivity index (χ1) is 11.3. The number of aryl methyl sites for hydroxylation is 1. The summed E-state index contributed by atoms with van der Waals surface area (Å²) in [4.78, 5) is 26.1. The molecule has 0 atom stereocenters. The number of benzene rings is 1. The molecule has 6 nitrogen and oxygen atoms in total. The van der Waals surface area contributed by atoms with E-state index in [1.807, 2.05) is 6.07 Å². The minimum Gasteiger partial charge on any atom is -0.345 e. The van der Waals surface area contributed by atoms with Crippen LogP contribution in [0.3, 0.4) is 0 Å². The normalized spacial score (nSPS) is 11.7. The lowest BCUT2D eigenvalue weighted by Crippen LogP contribution is -3.18. The third kappa shape index (κ3) is 3.82. The van der Waals surface area contributed by atoms with Gasteiger partial charge in [-0.3, -0.25) is 9.59 Å². The fourth-order valence-corrected chi connectivity index (χ4v) is 3.12. The maximum atomic E-state index is 12.5. The Morgan fingerprint density at radius 2 is 1.75 bits per heavy atom. The van der Waals surface area contributed by atoms with E-state index in [1.165, 1.54) is 9.58 Å². The highest BCUT2D eigenvalue weighted by Crippen LogP contribution is 2.12. The number of nitrogens with one attached hydrogen (secondary N) is 2. The minimum atomic E-state index is -0.242. The minimum absolute atomic E-state index is 0.197. The average molecular weight is 331 g/mol. The van der Waals surface area contributed by atoms with Crippen LogP contribution in [-0.2, 0) is 7.05 Å². The highest BCUT2D eigenvalue weighted by molar-refractivity contribution is 6.04. The Labute approximate surface area is 142 Å². The van der Waals surface area contributed by atoms with Crippen LogP contribution in [0.2, 0.25) is 0 Å². The summed E-state index contributed by atoms with van der Waals surface area (Å²) < 4.78 is 1.22. The molecule has 6 heteroatoms. The largest absolute Gasteiger partial charge is 0.345 e. The zero-order valence-electron chi connectivity index (χ0n) is 15.1. The molecule has 0 fully saturated rings. The van der Waals surface area contributed by atoms with Crippen molar-refractivity contribution in [2.45, 2.75) is 39.8 Å². The summed E-state index contributed by atoms with van der Waals surface area (Å²) in [6.07, 6.45) is 0. The van der Waals surface area contributed by atoms with Gasteiger partial charge < -0.3 is 10.2 Å². The molecule has 2 N–H and O–H groups in total. The van der Waals surface area contributed by atoms with Crippen LogP contribution in [0.1, 0.15) is 38.2 Å². The molecule has 1 aromatic heterocycles. The SMILES string of the molecule is CC(C)[NH+](CCNC(=O)c1nn(C)c(=O)c2ccccc12)C(C)C. The summed E-state index contributed by atoms with van der Waals surface area (Å²) in [5.74, 6) is -0.242. The van der Waals surface area contributed by atoms with E-state index in [9.17, 15) is 9.59 Å². The van der Waals surface area contributed by atoms with E-state index in [0.29, 0.717) is 35.1 Å². The Balaban J connectivity index is 2.18. The second-order valence-electron chi connectivity index (χ2n) is 6.71. The molecule has 0 saturated carbocycles. The molecule has 0 bridgehead atoms. The third-order valence-electron chi connectivity index (χ3n) is 4.35. The maximum Gasteiger partial charge on any atom is 0.274 e. The van der Waals surface area contributed by atoms with Gasteiger partial charge in [-0.1, -0.05) is 18.2 Å². The Morgan fingerprint density at radius 1 is 1.17 bits per heavy atom. The van der Waals surface area contributed by atoms with E-state index in [1.54, 1.807) is 25.2 Å². The molecule has 130 valence electrons. The van der Waals surface area contributed by atoms with E-state index in [0.717, 1.165) is 6.54 Å². The molecule has 2 aromatic rings. The fraction of sp³-hybridized carbons (Fsp3) is 0.500. The number of fused-ring (bicyclic) bond motifs is 1. The van der Waals surface area contributed by atoms with Crippen LogP contribution in [0.15, 0.2) is 29.1 Å². The van der Waals surface area contributed by atoms with Crippen molar-refractivity contribution in [2.24, 2.45) is 7.05 Å². The van der Waals surface area contributed by atoms with E-state index in [4.69, 9.17) is 0 Å². The molecule has 2 rings (SSSR count).